The molecule has 74 valence electrons. The van der Waals surface area contributed by atoms with E-state index < -0.39 is 0 Å². The van der Waals surface area contributed by atoms with Crippen molar-refractivity contribution in [3.8, 4) is 5.75 Å². The number of fused-ring (bicyclic) bond motifs is 1. The molecular formula is C11H12O3. The average Bonchev–Trinajstić information content (AvgIpc) is 2.62. The van der Waals surface area contributed by atoms with Gasteiger partial charge in [0.25, 0.3) is 0 Å². The van der Waals surface area contributed by atoms with Gasteiger partial charge in [-0.15, -0.1) is 0 Å². The first kappa shape index (κ1) is 9.06. The van der Waals surface area contributed by atoms with Gasteiger partial charge in [-0.2, -0.15) is 0 Å². The number of para-hydroxylation sites is 1. The van der Waals surface area contributed by atoms with Crippen molar-refractivity contribution in [1.82, 2.24) is 0 Å². The number of ether oxygens (including phenoxy) is 2. The van der Waals surface area contributed by atoms with Crippen LogP contribution in [0.4, 0.5) is 0 Å². The lowest BCUT2D eigenvalue weighted by Crippen LogP contribution is -2.09. The zero-order valence-corrected chi connectivity index (χ0v) is 8.03. The predicted octanol–water partition coefficient (Wildman–Crippen LogP) is 1.73. The highest BCUT2D eigenvalue weighted by Crippen LogP contribution is 2.35. The van der Waals surface area contributed by atoms with E-state index in [2.05, 4.69) is 4.74 Å². The van der Waals surface area contributed by atoms with Crippen molar-refractivity contribution in [1.29, 1.82) is 0 Å². The second-order valence-corrected chi connectivity index (χ2v) is 3.33. The van der Waals surface area contributed by atoms with E-state index in [9.17, 15) is 4.79 Å². The van der Waals surface area contributed by atoms with Crippen LogP contribution in [-0.4, -0.2) is 19.7 Å². The minimum Gasteiger partial charge on any atom is -0.493 e. The summed E-state index contributed by atoms with van der Waals surface area (Å²) in [7, 11) is 1.41. The fourth-order valence-electron chi connectivity index (χ4n) is 1.68. The van der Waals surface area contributed by atoms with Crippen molar-refractivity contribution in [2.45, 2.75) is 12.3 Å². The molecule has 0 fully saturated rings. The Morgan fingerprint density at radius 2 is 2.36 bits per heavy atom. The molecule has 1 heterocycles. The molecule has 0 saturated heterocycles. The van der Waals surface area contributed by atoms with Crippen LogP contribution in [0, 0.1) is 0 Å². The molecule has 0 unspecified atom stereocenters. The van der Waals surface area contributed by atoms with Gasteiger partial charge in [-0.3, -0.25) is 4.79 Å². The van der Waals surface area contributed by atoms with E-state index in [1.807, 2.05) is 24.3 Å². The van der Waals surface area contributed by atoms with Crippen LogP contribution in [0.15, 0.2) is 24.3 Å². The second-order valence-electron chi connectivity index (χ2n) is 3.33. The lowest BCUT2D eigenvalue weighted by molar-refractivity contribution is -0.141. The summed E-state index contributed by atoms with van der Waals surface area (Å²) >= 11 is 0. The molecule has 0 amide bonds. The van der Waals surface area contributed by atoms with Crippen LogP contribution >= 0.6 is 0 Å². The van der Waals surface area contributed by atoms with E-state index in [4.69, 9.17) is 4.74 Å². The molecule has 1 aliphatic rings. The maximum atomic E-state index is 11.1. The minimum atomic E-state index is -0.185. The van der Waals surface area contributed by atoms with Crippen molar-refractivity contribution in [3.63, 3.8) is 0 Å². The van der Waals surface area contributed by atoms with Crippen LogP contribution in [0.5, 0.6) is 5.75 Å². The quantitative estimate of drug-likeness (QED) is 0.669. The summed E-state index contributed by atoms with van der Waals surface area (Å²) in [6.45, 7) is 0.578. The van der Waals surface area contributed by atoms with E-state index in [0.29, 0.717) is 13.0 Å². The van der Waals surface area contributed by atoms with Gasteiger partial charge in [0.2, 0.25) is 0 Å². The fourth-order valence-corrected chi connectivity index (χ4v) is 1.68. The molecule has 0 aliphatic carbocycles. The van der Waals surface area contributed by atoms with Gasteiger partial charge in [0.05, 0.1) is 20.1 Å². The average molecular weight is 192 g/mol. The van der Waals surface area contributed by atoms with Crippen molar-refractivity contribution >= 4 is 5.97 Å². The van der Waals surface area contributed by atoms with E-state index in [-0.39, 0.29) is 11.9 Å². The fraction of sp³-hybridized carbons (Fsp3) is 0.364. The van der Waals surface area contributed by atoms with E-state index >= 15 is 0 Å². The summed E-state index contributed by atoms with van der Waals surface area (Å²) in [5.41, 5.74) is 1.11. The Labute approximate surface area is 82.6 Å². The van der Waals surface area contributed by atoms with Gasteiger partial charge in [-0.05, 0) is 6.07 Å². The first-order valence-electron chi connectivity index (χ1n) is 4.60. The normalized spacial score (nSPS) is 18.5. The lowest BCUT2D eigenvalue weighted by atomic mass is 9.98. The number of carbonyl (C=O) groups is 1. The Morgan fingerprint density at radius 1 is 1.57 bits per heavy atom. The molecule has 14 heavy (non-hydrogen) atoms. The monoisotopic (exact) mass is 192 g/mol. The van der Waals surface area contributed by atoms with Gasteiger partial charge >= 0.3 is 5.97 Å². The largest absolute Gasteiger partial charge is 0.493 e. The molecule has 0 aromatic heterocycles. The van der Waals surface area contributed by atoms with Crippen LogP contribution in [0.1, 0.15) is 17.9 Å². The lowest BCUT2D eigenvalue weighted by Gasteiger charge is -2.05. The number of hydrogen-bond acceptors (Lipinski definition) is 3. The van der Waals surface area contributed by atoms with Crippen molar-refractivity contribution in [2.24, 2.45) is 0 Å². The van der Waals surface area contributed by atoms with Crippen LogP contribution in [0.25, 0.3) is 0 Å². The molecule has 3 nitrogen and oxygen atoms in total. The molecule has 0 spiro atoms. The molecule has 3 heteroatoms. The third-order valence-electron chi connectivity index (χ3n) is 2.44. The smallest absolute Gasteiger partial charge is 0.306 e. The third kappa shape index (κ3) is 1.58. The van der Waals surface area contributed by atoms with Crippen molar-refractivity contribution < 1.29 is 14.3 Å². The molecule has 0 N–H and O–H groups in total. The summed E-state index contributed by atoms with van der Waals surface area (Å²) in [6.07, 6.45) is 0.396. The molecule has 0 bridgehead atoms. The summed E-state index contributed by atoms with van der Waals surface area (Å²) in [5, 5.41) is 0. The zero-order valence-electron chi connectivity index (χ0n) is 8.03. The van der Waals surface area contributed by atoms with Gasteiger partial charge in [0.1, 0.15) is 5.75 Å². The Bertz CT molecular complexity index is 346. The number of carbonyl (C=O) groups excluding carboxylic acids is 1. The van der Waals surface area contributed by atoms with Crippen LogP contribution < -0.4 is 4.74 Å². The maximum Gasteiger partial charge on any atom is 0.306 e. The van der Waals surface area contributed by atoms with Crippen LogP contribution in [0.2, 0.25) is 0 Å². The molecule has 0 saturated carbocycles. The highest BCUT2D eigenvalue weighted by Gasteiger charge is 2.25. The second kappa shape index (κ2) is 3.70. The Balaban J connectivity index is 2.14. The van der Waals surface area contributed by atoms with Gasteiger partial charge in [0.15, 0.2) is 0 Å². The number of esters is 1. The van der Waals surface area contributed by atoms with Crippen LogP contribution in [0.3, 0.4) is 0 Å². The Hall–Kier alpha value is -1.51. The zero-order chi connectivity index (χ0) is 9.97. The molecular weight excluding hydrogens is 180 g/mol. The standard InChI is InChI=1S/C11H12O3/c1-13-11(12)6-8-7-14-10-5-3-2-4-9(8)10/h2-5,8H,6-7H2,1H3/t8-/m0/s1. The van der Waals surface area contributed by atoms with Gasteiger partial charge in [-0.1, -0.05) is 18.2 Å². The summed E-state index contributed by atoms with van der Waals surface area (Å²) in [5.74, 6) is 0.857. The van der Waals surface area contributed by atoms with E-state index in [0.717, 1.165) is 11.3 Å². The molecule has 1 aromatic carbocycles. The van der Waals surface area contributed by atoms with E-state index in [1.165, 1.54) is 7.11 Å². The molecule has 2 rings (SSSR count). The van der Waals surface area contributed by atoms with Crippen molar-refractivity contribution in [3.05, 3.63) is 29.8 Å². The van der Waals surface area contributed by atoms with E-state index in [1.54, 1.807) is 0 Å². The topological polar surface area (TPSA) is 35.5 Å². The third-order valence-corrected chi connectivity index (χ3v) is 2.44. The Morgan fingerprint density at radius 3 is 3.14 bits per heavy atom. The summed E-state index contributed by atoms with van der Waals surface area (Å²) < 4.78 is 10.1. The van der Waals surface area contributed by atoms with Crippen LogP contribution in [-0.2, 0) is 9.53 Å². The van der Waals surface area contributed by atoms with Gasteiger partial charge < -0.3 is 9.47 Å². The maximum absolute atomic E-state index is 11.1. The molecule has 1 atom stereocenters. The predicted molar refractivity (Wildman–Crippen MR) is 51.3 cm³/mol. The number of rotatable bonds is 2. The molecule has 0 radical (unpaired) electrons. The van der Waals surface area contributed by atoms with Gasteiger partial charge in [-0.25, -0.2) is 0 Å². The van der Waals surface area contributed by atoms with Gasteiger partial charge in [0, 0.05) is 11.5 Å². The highest BCUT2D eigenvalue weighted by molar-refractivity contribution is 5.70. The number of hydrogen-bond donors (Lipinski definition) is 0. The minimum absolute atomic E-state index is 0.152. The van der Waals surface area contributed by atoms with Crippen molar-refractivity contribution in [2.75, 3.05) is 13.7 Å². The SMILES string of the molecule is COC(=O)C[C@H]1COc2ccccc21. The summed E-state index contributed by atoms with van der Waals surface area (Å²) in [4.78, 5) is 11.1. The molecule has 1 aromatic rings. The highest BCUT2D eigenvalue weighted by atomic mass is 16.5. The Kier molecular flexibility index (Phi) is 2.39. The first-order chi connectivity index (χ1) is 6.81. The first-order valence-corrected chi connectivity index (χ1v) is 4.60. The number of methoxy groups -OCH3 is 1. The molecule has 1 aliphatic heterocycles. The number of benzene rings is 1. The summed E-state index contributed by atoms with van der Waals surface area (Å²) in [6, 6.07) is 7.81.